The Morgan fingerprint density at radius 1 is 1.33 bits per heavy atom. The van der Waals surface area contributed by atoms with Crippen LogP contribution in [-0.4, -0.2) is 36.2 Å². The van der Waals surface area contributed by atoms with Crippen LogP contribution in [0.15, 0.2) is 18.2 Å². The fourth-order valence-corrected chi connectivity index (χ4v) is 1.29. The van der Waals surface area contributed by atoms with E-state index < -0.39 is 12.9 Å². The molecule has 0 aliphatic carbocycles. The van der Waals surface area contributed by atoms with Crippen molar-refractivity contribution in [3.8, 4) is 0 Å². The van der Waals surface area contributed by atoms with Crippen LogP contribution in [0, 0.1) is 5.82 Å². The van der Waals surface area contributed by atoms with Gasteiger partial charge >= 0.3 is 7.12 Å². The Kier molecular flexibility index (Phi) is 5.83. The minimum Gasteiger partial charge on any atom is -0.423 e. The highest BCUT2D eigenvalue weighted by molar-refractivity contribution is 6.59. The van der Waals surface area contributed by atoms with Crippen LogP contribution in [0.1, 0.15) is 5.56 Å². The molecule has 0 atom stereocenters. The van der Waals surface area contributed by atoms with Crippen LogP contribution in [0.5, 0.6) is 0 Å². The maximum Gasteiger partial charge on any atom is 0.488 e. The highest BCUT2D eigenvalue weighted by atomic mass is 35.5. The zero-order valence-corrected chi connectivity index (χ0v) is 9.46. The molecular weight excluding hydrogens is 219 g/mol. The van der Waals surface area contributed by atoms with Crippen LogP contribution < -0.4 is 5.46 Å². The molecule has 84 valence electrons. The third-order valence-corrected chi connectivity index (χ3v) is 1.87. The smallest absolute Gasteiger partial charge is 0.423 e. The quantitative estimate of drug-likeness (QED) is 0.722. The van der Waals surface area contributed by atoms with E-state index in [0.29, 0.717) is 12.1 Å². The largest absolute Gasteiger partial charge is 0.488 e. The summed E-state index contributed by atoms with van der Waals surface area (Å²) in [6.45, 7) is 0.549. The Hall–Kier alpha value is -0.615. The first kappa shape index (κ1) is 14.4. The maximum atomic E-state index is 12.8. The molecule has 0 saturated carbocycles. The summed E-state index contributed by atoms with van der Waals surface area (Å²) in [6, 6.07) is 4.01. The van der Waals surface area contributed by atoms with Crippen LogP contribution in [0.3, 0.4) is 0 Å². The summed E-state index contributed by atoms with van der Waals surface area (Å²) in [5.74, 6) is -0.462. The van der Waals surface area contributed by atoms with Gasteiger partial charge in [-0.1, -0.05) is 6.07 Å². The van der Waals surface area contributed by atoms with Crippen LogP contribution >= 0.6 is 12.4 Å². The van der Waals surface area contributed by atoms with E-state index in [1.807, 2.05) is 19.0 Å². The van der Waals surface area contributed by atoms with Crippen molar-refractivity contribution >= 4 is 25.0 Å². The Morgan fingerprint density at radius 3 is 2.40 bits per heavy atom. The molecule has 15 heavy (non-hydrogen) atoms. The highest BCUT2D eigenvalue weighted by Crippen LogP contribution is 2.03. The molecule has 3 nitrogen and oxygen atoms in total. The van der Waals surface area contributed by atoms with E-state index in [2.05, 4.69) is 0 Å². The van der Waals surface area contributed by atoms with Gasteiger partial charge in [0.15, 0.2) is 0 Å². The Morgan fingerprint density at radius 2 is 1.93 bits per heavy atom. The van der Waals surface area contributed by atoms with Crippen LogP contribution in [0.25, 0.3) is 0 Å². The standard InChI is InChI=1S/C9H13BFNO2.ClH/c1-12(2)6-7-3-4-8(11)5-9(7)10(13)14;/h3-5,13-14H,6H2,1-2H3;1H. The second-order valence-corrected chi connectivity index (χ2v) is 3.45. The molecule has 1 aromatic carbocycles. The van der Waals surface area contributed by atoms with Crippen LogP contribution in [0.2, 0.25) is 0 Å². The van der Waals surface area contributed by atoms with Crippen molar-refractivity contribution in [2.24, 2.45) is 0 Å². The summed E-state index contributed by atoms with van der Waals surface area (Å²) in [4.78, 5) is 1.87. The topological polar surface area (TPSA) is 43.7 Å². The molecule has 0 spiro atoms. The van der Waals surface area contributed by atoms with Crippen molar-refractivity contribution in [2.45, 2.75) is 6.54 Å². The molecule has 0 heterocycles. The number of nitrogens with zero attached hydrogens (tertiary/aromatic N) is 1. The fraction of sp³-hybridized carbons (Fsp3) is 0.333. The second-order valence-electron chi connectivity index (χ2n) is 3.45. The lowest BCUT2D eigenvalue weighted by Gasteiger charge is -2.13. The van der Waals surface area contributed by atoms with Gasteiger partial charge in [0.25, 0.3) is 0 Å². The molecule has 0 saturated heterocycles. The first-order chi connectivity index (χ1) is 6.50. The van der Waals surface area contributed by atoms with Crippen LogP contribution in [-0.2, 0) is 6.54 Å². The molecule has 1 rings (SSSR count). The summed E-state index contributed by atoms with van der Waals surface area (Å²) in [5.41, 5.74) is 0.935. The van der Waals surface area contributed by atoms with E-state index in [-0.39, 0.29) is 17.9 Å². The zero-order valence-electron chi connectivity index (χ0n) is 8.64. The van der Waals surface area contributed by atoms with E-state index in [1.165, 1.54) is 6.07 Å². The summed E-state index contributed by atoms with van der Waals surface area (Å²) < 4.78 is 12.8. The number of rotatable bonds is 3. The van der Waals surface area contributed by atoms with E-state index >= 15 is 0 Å². The number of hydrogen-bond acceptors (Lipinski definition) is 3. The summed E-state index contributed by atoms with van der Waals surface area (Å²) >= 11 is 0. The summed E-state index contributed by atoms with van der Waals surface area (Å²) in [6.07, 6.45) is 0. The Labute approximate surface area is 95.1 Å². The third-order valence-electron chi connectivity index (χ3n) is 1.87. The van der Waals surface area contributed by atoms with Gasteiger partial charge in [0, 0.05) is 6.54 Å². The fourth-order valence-electron chi connectivity index (χ4n) is 1.29. The zero-order chi connectivity index (χ0) is 10.7. The van der Waals surface area contributed by atoms with Crippen molar-refractivity contribution in [1.82, 2.24) is 4.90 Å². The van der Waals surface area contributed by atoms with E-state index in [4.69, 9.17) is 10.0 Å². The molecular formula is C9H14BClFNO2. The first-order valence-corrected chi connectivity index (χ1v) is 4.30. The van der Waals surface area contributed by atoms with Crippen molar-refractivity contribution in [2.75, 3.05) is 14.1 Å². The van der Waals surface area contributed by atoms with Crippen molar-refractivity contribution < 1.29 is 14.4 Å². The lowest BCUT2D eigenvalue weighted by atomic mass is 9.77. The average Bonchev–Trinajstić information content (AvgIpc) is 2.07. The molecule has 0 amide bonds. The third kappa shape index (κ3) is 4.18. The van der Waals surface area contributed by atoms with Crippen molar-refractivity contribution in [3.05, 3.63) is 29.6 Å². The minimum absolute atomic E-state index is 0. The molecule has 0 unspecified atom stereocenters. The van der Waals surface area contributed by atoms with E-state index in [9.17, 15) is 4.39 Å². The van der Waals surface area contributed by atoms with E-state index in [0.717, 1.165) is 6.07 Å². The van der Waals surface area contributed by atoms with Gasteiger partial charge in [0.05, 0.1) is 0 Å². The van der Waals surface area contributed by atoms with E-state index in [1.54, 1.807) is 6.07 Å². The lowest BCUT2D eigenvalue weighted by Crippen LogP contribution is -2.35. The molecule has 6 heteroatoms. The molecule has 0 aromatic heterocycles. The predicted molar refractivity (Wildman–Crippen MR) is 60.9 cm³/mol. The molecule has 1 aromatic rings. The average molecular weight is 233 g/mol. The summed E-state index contributed by atoms with van der Waals surface area (Å²) in [7, 11) is 2.09. The molecule has 0 bridgehead atoms. The van der Waals surface area contributed by atoms with Gasteiger partial charge in [-0.25, -0.2) is 4.39 Å². The SMILES string of the molecule is CN(C)Cc1ccc(F)cc1B(O)O.Cl. The van der Waals surface area contributed by atoms with Crippen LogP contribution in [0.4, 0.5) is 4.39 Å². The number of hydrogen-bond donors (Lipinski definition) is 2. The molecule has 0 aliphatic rings. The monoisotopic (exact) mass is 233 g/mol. The normalized spacial score (nSPS) is 10.0. The second kappa shape index (κ2) is 6.07. The Bertz CT molecular complexity index is 323. The molecule has 2 N–H and O–H groups in total. The molecule has 0 fully saturated rings. The van der Waals surface area contributed by atoms with Gasteiger partial charge in [-0.15, -0.1) is 12.4 Å². The minimum atomic E-state index is -1.62. The van der Waals surface area contributed by atoms with Gasteiger partial charge in [0.1, 0.15) is 5.82 Å². The molecule has 0 aliphatic heterocycles. The van der Waals surface area contributed by atoms with Gasteiger partial charge in [-0.2, -0.15) is 0 Å². The predicted octanol–water partition coefficient (Wildman–Crippen LogP) is -0.0111. The number of benzene rings is 1. The van der Waals surface area contributed by atoms with Gasteiger partial charge in [-0.3, -0.25) is 0 Å². The lowest BCUT2D eigenvalue weighted by molar-refractivity contribution is 0.399. The van der Waals surface area contributed by atoms with Crippen molar-refractivity contribution in [1.29, 1.82) is 0 Å². The van der Waals surface area contributed by atoms with Crippen molar-refractivity contribution in [3.63, 3.8) is 0 Å². The first-order valence-electron chi connectivity index (χ1n) is 4.30. The summed E-state index contributed by atoms with van der Waals surface area (Å²) in [5, 5.41) is 18.0. The maximum absolute atomic E-state index is 12.8. The molecule has 0 radical (unpaired) electrons. The van der Waals surface area contributed by atoms with Gasteiger partial charge in [0.2, 0.25) is 0 Å². The van der Waals surface area contributed by atoms with Gasteiger partial charge < -0.3 is 14.9 Å². The Balaban J connectivity index is 0.00000196. The van der Waals surface area contributed by atoms with Gasteiger partial charge in [-0.05, 0) is 37.3 Å². The number of halogens is 2. The highest BCUT2D eigenvalue weighted by Gasteiger charge is 2.16.